The second kappa shape index (κ2) is 10.0. The number of rotatable bonds is 3. The van der Waals surface area contributed by atoms with Crippen molar-refractivity contribution in [1.82, 2.24) is 0 Å². The largest absolute Gasteiger partial charge is 0.192 e. The summed E-state index contributed by atoms with van der Waals surface area (Å²) in [6, 6.07) is 4.06. The zero-order chi connectivity index (χ0) is 16.4. The van der Waals surface area contributed by atoms with Crippen molar-refractivity contribution in [3.8, 4) is 12.1 Å². The number of hydrogen-bond donors (Lipinski definition) is 0. The molecule has 2 rings (SSSR count). The fourth-order valence-electron chi connectivity index (χ4n) is 3.49. The summed E-state index contributed by atoms with van der Waals surface area (Å²) >= 11 is 0. The fourth-order valence-corrected chi connectivity index (χ4v) is 3.49. The Hall–Kier alpha value is -1.80. The summed E-state index contributed by atoms with van der Waals surface area (Å²) in [7, 11) is 0. The summed E-state index contributed by atoms with van der Waals surface area (Å²) in [6.07, 6.45) is 13.8. The van der Waals surface area contributed by atoms with Gasteiger partial charge in [-0.25, -0.2) is 0 Å². The first-order valence-corrected chi connectivity index (χ1v) is 8.50. The highest BCUT2D eigenvalue weighted by Crippen LogP contribution is 2.42. The third-order valence-electron chi connectivity index (χ3n) is 4.62. The summed E-state index contributed by atoms with van der Waals surface area (Å²) in [5.41, 5.74) is 2.79. The molecule has 2 unspecified atom stereocenters. The molecule has 22 heavy (non-hydrogen) atoms. The average molecular weight is 296 g/mol. The SMILES string of the molecule is C=CC.CCCCC1CCC2=CC(=C(C#N)C#N)CCC2C1. The van der Waals surface area contributed by atoms with Crippen LogP contribution in [0.3, 0.4) is 0 Å². The number of fused-ring (bicyclic) bond motifs is 1. The van der Waals surface area contributed by atoms with E-state index in [0.29, 0.717) is 5.57 Å². The maximum atomic E-state index is 8.95. The maximum absolute atomic E-state index is 8.95. The quantitative estimate of drug-likeness (QED) is 0.484. The van der Waals surface area contributed by atoms with E-state index in [1.165, 1.54) is 44.1 Å². The zero-order valence-corrected chi connectivity index (χ0v) is 14.1. The minimum absolute atomic E-state index is 0.319. The molecule has 118 valence electrons. The van der Waals surface area contributed by atoms with Crippen molar-refractivity contribution in [3.05, 3.63) is 35.5 Å². The molecule has 2 nitrogen and oxygen atoms in total. The monoisotopic (exact) mass is 296 g/mol. The standard InChI is InChI=1S/C17H22N2.C3H6/c1-2-3-4-13-5-6-15-10-16(17(11-18)12-19)8-7-14(15)9-13;1-3-2/h10,13-14H,2-9H2,1H3;3H,1H2,2H3. The number of allylic oxidation sites excluding steroid dienone is 5. The van der Waals surface area contributed by atoms with Crippen molar-refractivity contribution < 1.29 is 0 Å². The molecule has 0 aromatic rings. The van der Waals surface area contributed by atoms with E-state index in [0.717, 1.165) is 30.3 Å². The second-order valence-corrected chi connectivity index (χ2v) is 6.27. The molecule has 2 atom stereocenters. The number of hydrogen-bond acceptors (Lipinski definition) is 2. The van der Waals surface area contributed by atoms with Crippen LogP contribution in [0.2, 0.25) is 0 Å². The Morgan fingerprint density at radius 2 is 2.00 bits per heavy atom. The maximum Gasteiger partial charge on any atom is 0.132 e. The van der Waals surface area contributed by atoms with Crippen LogP contribution in [0.15, 0.2) is 35.5 Å². The van der Waals surface area contributed by atoms with Gasteiger partial charge in [0.25, 0.3) is 0 Å². The highest BCUT2D eigenvalue weighted by Gasteiger charge is 2.28. The topological polar surface area (TPSA) is 47.6 Å². The fraction of sp³-hybridized carbons (Fsp3) is 0.600. The predicted octanol–water partition coefficient (Wildman–Crippen LogP) is 5.85. The lowest BCUT2D eigenvalue weighted by atomic mass is 9.71. The van der Waals surface area contributed by atoms with E-state index in [1.807, 2.05) is 19.1 Å². The van der Waals surface area contributed by atoms with Gasteiger partial charge in [0.1, 0.15) is 17.7 Å². The molecule has 0 aromatic heterocycles. The number of nitrogens with zero attached hydrogens (tertiary/aromatic N) is 2. The van der Waals surface area contributed by atoms with Crippen LogP contribution < -0.4 is 0 Å². The summed E-state index contributed by atoms with van der Waals surface area (Å²) < 4.78 is 0. The Balaban J connectivity index is 0.000000745. The van der Waals surface area contributed by atoms with Gasteiger partial charge in [0.15, 0.2) is 0 Å². The van der Waals surface area contributed by atoms with Crippen molar-refractivity contribution in [2.24, 2.45) is 11.8 Å². The van der Waals surface area contributed by atoms with Gasteiger partial charge in [-0.15, -0.1) is 6.58 Å². The Morgan fingerprint density at radius 1 is 1.32 bits per heavy atom. The summed E-state index contributed by atoms with van der Waals surface area (Å²) in [4.78, 5) is 0. The molecular weight excluding hydrogens is 268 g/mol. The molecule has 0 aliphatic heterocycles. The molecule has 1 saturated carbocycles. The molecule has 0 N–H and O–H groups in total. The molecule has 0 saturated heterocycles. The van der Waals surface area contributed by atoms with Gasteiger partial charge >= 0.3 is 0 Å². The van der Waals surface area contributed by atoms with E-state index in [4.69, 9.17) is 10.5 Å². The van der Waals surface area contributed by atoms with E-state index in [-0.39, 0.29) is 0 Å². The van der Waals surface area contributed by atoms with Crippen molar-refractivity contribution in [3.63, 3.8) is 0 Å². The minimum atomic E-state index is 0.319. The molecule has 2 aliphatic rings. The molecule has 2 heteroatoms. The first-order chi connectivity index (χ1) is 10.7. The molecule has 0 amide bonds. The van der Waals surface area contributed by atoms with E-state index in [2.05, 4.69) is 19.6 Å². The van der Waals surface area contributed by atoms with Gasteiger partial charge in [0.2, 0.25) is 0 Å². The van der Waals surface area contributed by atoms with Gasteiger partial charge in [-0.1, -0.05) is 43.9 Å². The van der Waals surface area contributed by atoms with Crippen molar-refractivity contribution in [1.29, 1.82) is 10.5 Å². The van der Waals surface area contributed by atoms with Crippen LogP contribution in [-0.2, 0) is 0 Å². The van der Waals surface area contributed by atoms with E-state index >= 15 is 0 Å². The van der Waals surface area contributed by atoms with E-state index in [9.17, 15) is 0 Å². The van der Waals surface area contributed by atoms with Gasteiger partial charge in [-0.2, -0.15) is 10.5 Å². The average Bonchev–Trinajstić information content (AvgIpc) is 2.54. The van der Waals surface area contributed by atoms with Gasteiger partial charge in [0, 0.05) is 0 Å². The summed E-state index contributed by atoms with van der Waals surface area (Å²) in [5.74, 6) is 1.62. The Labute approximate surface area is 135 Å². The third-order valence-corrected chi connectivity index (χ3v) is 4.62. The van der Waals surface area contributed by atoms with Crippen LogP contribution in [-0.4, -0.2) is 0 Å². The van der Waals surface area contributed by atoms with Gasteiger partial charge < -0.3 is 0 Å². The summed E-state index contributed by atoms with van der Waals surface area (Å²) in [6.45, 7) is 7.51. The first kappa shape index (κ1) is 18.2. The van der Waals surface area contributed by atoms with Crippen molar-refractivity contribution in [2.45, 2.75) is 65.2 Å². The molecule has 0 heterocycles. The van der Waals surface area contributed by atoms with E-state index < -0.39 is 0 Å². The first-order valence-electron chi connectivity index (χ1n) is 8.50. The molecule has 0 aromatic carbocycles. The molecule has 0 radical (unpaired) electrons. The minimum Gasteiger partial charge on any atom is -0.192 e. The lowest BCUT2D eigenvalue weighted by molar-refractivity contribution is 0.293. The van der Waals surface area contributed by atoms with Gasteiger partial charge in [-0.05, 0) is 56.4 Å². The molecule has 2 aliphatic carbocycles. The van der Waals surface area contributed by atoms with Crippen molar-refractivity contribution in [2.75, 3.05) is 0 Å². The van der Waals surface area contributed by atoms with Gasteiger partial charge in [0.05, 0.1) is 0 Å². The van der Waals surface area contributed by atoms with Crippen LogP contribution in [0.1, 0.15) is 65.2 Å². The van der Waals surface area contributed by atoms with Gasteiger partial charge in [-0.3, -0.25) is 0 Å². The number of nitriles is 2. The normalized spacial score (nSPS) is 22.9. The molecular formula is C20H28N2. The van der Waals surface area contributed by atoms with Crippen LogP contribution in [0.5, 0.6) is 0 Å². The van der Waals surface area contributed by atoms with Crippen LogP contribution in [0, 0.1) is 34.5 Å². The third kappa shape index (κ3) is 5.19. The molecule has 0 bridgehead atoms. The number of unbranched alkanes of at least 4 members (excludes halogenated alkanes) is 1. The Morgan fingerprint density at radius 3 is 2.59 bits per heavy atom. The van der Waals surface area contributed by atoms with E-state index in [1.54, 1.807) is 6.08 Å². The lowest BCUT2D eigenvalue weighted by Gasteiger charge is -2.34. The Kier molecular flexibility index (Phi) is 8.31. The Bertz CT molecular complexity index is 495. The second-order valence-electron chi connectivity index (χ2n) is 6.27. The van der Waals surface area contributed by atoms with Crippen LogP contribution in [0.25, 0.3) is 0 Å². The van der Waals surface area contributed by atoms with Crippen LogP contribution in [0.4, 0.5) is 0 Å². The highest BCUT2D eigenvalue weighted by molar-refractivity contribution is 5.47. The molecule has 0 spiro atoms. The van der Waals surface area contributed by atoms with Crippen molar-refractivity contribution >= 4 is 0 Å². The highest BCUT2D eigenvalue weighted by atomic mass is 14.3. The lowest BCUT2D eigenvalue weighted by Crippen LogP contribution is -2.21. The summed E-state index contributed by atoms with van der Waals surface area (Å²) in [5, 5.41) is 17.9. The predicted molar refractivity (Wildman–Crippen MR) is 91.8 cm³/mol. The smallest absolute Gasteiger partial charge is 0.132 e. The van der Waals surface area contributed by atoms with Crippen LogP contribution >= 0.6 is 0 Å². The zero-order valence-electron chi connectivity index (χ0n) is 14.1. The molecule has 1 fully saturated rings.